The van der Waals surface area contributed by atoms with Crippen LogP contribution in [0.15, 0.2) is 18.2 Å². The number of ether oxygens (including phenoxy) is 2. The predicted molar refractivity (Wildman–Crippen MR) is 103 cm³/mol. The quantitative estimate of drug-likeness (QED) is 0.880. The van der Waals surface area contributed by atoms with E-state index in [1.165, 1.54) is 0 Å². The van der Waals surface area contributed by atoms with Crippen molar-refractivity contribution in [3.63, 3.8) is 0 Å². The first-order valence-electron chi connectivity index (χ1n) is 9.68. The SMILES string of the molecule is CN(CC(=O)NC(C)(C)C)C(=O)C1(c2ccc3c(c2)OCCO3)CCCC1. The number of carbonyl (C=O) groups is 2. The molecule has 0 spiro atoms. The van der Waals surface area contributed by atoms with Gasteiger partial charge in [0.2, 0.25) is 11.8 Å². The summed E-state index contributed by atoms with van der Waals surface area (Å²) in [6.07, 6.45) is 3.58. The molecule has 1 N–H and O–H groups in total. The van der Waals surface area contributed by atoms with Gasteiger partial charge in [-0.25, -0.2) is 0 Å². The zero-order valence-electron chi connectivity index (χ0n) is 16.8. The number of rotatable bonds is 4. The molecular weight excluding hydrogens is 344 g/mol. The maximum Gasteiger partial charge on any atom is 0.240 e. The zero-order chi connectivity index (χ0) is 19.7. The van der Waals surface area contributed by atoms with Gasteiger partial charge in [0.25, 0.3) is 0 Å². The van der Waals surface area contributed by atoms with Crippen molar-refractivity contribution in [2.45, 2.75) is 57.4 Å². The second-order valence-electron chi connectivity index (χ2n) is 8.61. The van der Waals surface area contributed by atoms with Gasteiger partial charge in [-0.3, -0.25) is 9.59 Å². The van der Waals surface area contributed by atoms with Crippen LogP contribution in [0.25, 0.3) is 0 Å². The average molecular weight is 374 g/mol. The highest BCUT2D eigenvalue weighted by atomic mass is 16.6. The highest BCUT2D eigenvalue weighted by molar-refractivity contribution is 5.92. The van der Waals surface area contributed by atoms with Crippen molar-refractivity contribution in [3.8, 4) is 11.5 Å². The fraction of sp³-hybridized carbons (Fsp3) is 0.619. The third-order valence-electron chi connectivity index (χ3n) is 5.20. The number of carbonyl (C=O) groups excluding carboxylic acids is 2. The summed E-state index contributed by atoms with van der Waals surface area (Å²) in [5.41, 5.74) is 0.0476. The Labute approximate surface area is 161 Å². The van der Waals surface area contributed by atoms with Crippen molar-refractivity contribution in [3.05, 3.63) is 23.8 Å². The second-order valence-corrected chi connectivity index (χ2v) is 8.61. The summed E-state index contributed by atoms with van der Waals surface area (Å²) in [5, 5.41) is 2.92. The lowest BCUT2D eigenvalue weighted by molar-refractivity contribution is -0.139. The molecule has 1 aromatic carbocycles. The average Bonchev–Trinajstić information content (AvgIpc) is 3.09. The Morgan fingerprint density at radius 2 is 1.74 bits per heavy atom. The smallest absolute Gasteiger partial charge is 0.240 e. The molecule has 6 heteroatoms. The molecule has 148 valence electrons. The lowest BCUT2D eigenvalue weighted by atomic mass is 9.77. The van der Waals surface area contributed by atoms with E-state index >= 15 is 0 Å². The van der Waals surface area contributed by atoms with Gasteiger partial charge in [-0.1, -0.05) is 18.9 Å². The minimum atomic E-state index is -0.591. The van der Waals surface area contributed by atoms with Crippen molar-refractivity contribution >= 4 is 11.8 Å². The summed E-state index contributed by atoms with van der Waals surface area (Å²) in [4.78, 5) is 27.2. The first-order valence-corrected chi connectivity index (χ1v) is 9.68. The molecule has 3 rings (SSSR count). The Morgan fingerprint density at radius 1 is 1.11 bits per heavy atom. The van der Waals surface area contributed by atoms with E-state index in [1.807, 2.05) is 39.0 Å². The number of hydrogen-bond acceptors (Lipinski definition) is 4. The van der Waals surface area contributed by atoms with Gasteiger partial charge >= 0.3 is 0 Å². The van der Waals surface area contributed by atoms with Gasteiger partial charge in [-0.15, -0.1) is 0 Å². The standard InChI is InChI=1S/C21H30N2O4/c1-20(2,3)22-18(24)14-23(4)19(25)21(9-5-6-10-21)15-7-8-16-17(13-15)27-12-11-26-16/h7-8,13H,5-6,9-12,14H2,1-4H3,(H,22,24). The van der Waals surface area contributed by atoms with E-state index in [0.29, 0.717) is 19.0 Å². The Morgan fingerprint density at radius 3 is 2.37 bits per heavy atom. The molecule has 0 saturated heterocycles. The number of nitrogens with one attached hydrogen (secondary N) is 1. The predicted octanol–water partition coefficient (Wildman–Crippen LogP) is 2.64. The number of hydrogen-bond donors (Lipinski definition) is 1. The molecule has 6 nitrogen and oxygen atoms in total. The van der Waals surface area contributed by atoms with E-state index < -0.39 is 5.41 Å². The highest BCUT2D eigenvalue weighted by Gasteiger charge is 2.45. The molecular formula is C21H30N2O4. The lowest BCUT2D eigenvalue weighted by Crippen LogP contribution is -2.50. The van der Waals surface area contributed by atoms with E-state index in [-0.39, 0.29) is 23.9 Å². The molecule has 0 unspecified atom stereocenters. The van der Waals surface area contributed by atoms with Crippen LogP contribution in [-0.2, 0) is 15.0 Å². The number of amides is 2. The molecule has 1 aliphatic carbocycles. The minimum Gasteiger partial charge on any atom is -0.486 e. The number of nitrogens with zero attached hydrogens (tertiary/aromatic N) is 1. The summed E-state index contributed by atoms with van der Waals surface area (Å²) in [5.74, 6) is 1.28. The van der Waals surface area contributed by atoms with Crippen molar-refractivity contribution in [1.29, 1.82) is 0 Å². The third kappa shape index (κ3) is 4.20. The van der Waals surface area contributed by atoms with Gasteiger partial charge in [0.15, 0.2) is 11.5 Å². The van der Waals surface area contributed by atoms with E-state index in [1.54, 1.807) is 11.9 Å². The first kappa shape index (κ1) is 19.5. The minimum absolute atomic E-state index is 0.000682. The molecule has 0 radical (unpaired) electrons. The van der Waals surface area contributed by atoms with Crippen LogP contribution < -0.4 is 14.8 Å². The maximum atomic E-state index is 13.4. The summed E-state index contributed by atoms with van der Waals surface area (Å²) >= 11 is 0. The van der Waals surface area contributed by atoms with Gasteiger partial charge in [-0.05, 0) is 51.3 Å². The topological polar surface area (TPSA) is 67.9 Å². The van der Waals surface area contributed by atoms with E-state index in [9.17, 15) is 9.59 Å². The molecule has 0 aromatic heterocycles. The summed E-state index contributed by atoms with van der Waals surface area (Å²) in [6, 6.07) is 5.81. The zero-order valence-corrected chi connectivity index (χ0v) is 16.8. The van der Waals surface area contributed by atoms with Gasteiger partial charge in [0.1, 0.15) is 13.2 Å². The van der Waals surface area contributed by atoms with Crippen LogP contribution in [0, 0.1) is 0 Å². The summed E-state index contributed by atoms with van der Waals surface area (Å²) in [7, 11) is 1.71. The van der Waals surface area contributed by atoms with Crippen LogP contribution in [0.2, 0.25) is 0 Å². The molecule has 2 amide bonds. The summed E-state index contributed by atoms with van der Waals surface area (Å²) in [6.45, 7) is 6.91. The van der Waals surface area contributed by atoms with Crippen LogP contribution in [0.1, 0.15) is 52.0 Å². The van der Waals surface area contributed by atoms with Gasteiger partial charge in [0.05, 0.1) is 12.0 Å². The second kappa shape index (κ2) is 7.41. The highest BCUT2D eigenvalue weighted by Crippen LogP contribution is 2.45. The van der Waals surface area contributed by atoms with Crippen molar-refractivity contribution in [1.82, 2.24) is 10.2 Å². The van der Waals surface area contributed by atoms with Crippen molar-refractivity contribution < 1.29 is 19.1 Å². The Bertz CT molecular complexity index is 717. The molecule has 0 bridgehead atoms. The van der Waals surface area contributed by atoms with Crippen LogP contribution >= 0.6 is 0 Å². The molecule has 1 aromatic rings. The largest absolute Gasteiger partial charge is 0.486 e. The van der Waals surface area contributed by atoms with E-state index in [4.69, 9.17) is 9.47 Å². The number of benzene rings is 1. The molecule has 27 heavy (non-hydrogen) atoms. The molecule has 0 atom stereocenters. The fourth-order valence-corrected chi connectivity index (χ4v) is 4.06. The summed E-state index contributed by atoms with van der Waals surface area (Å²) < 4.78 is 11.3. The molecule has 1 fully saturated rings. The van der Waals surface area contributed by atoms with Gasteiger partial charge in [0, 0.05) is 12.6 Å². The van der Waals surface area contributed by atoms with Crippen LogP contribution in [0.3, 0.4) is 0 Å². The Kier molecular flexibility index (Phi) is 5.36. The molecule has 1 heterocycles. The van der Waals surface area contributed by atoms with Crippen molar-refractivity contribution in [2.75, 3.05) is 26.8 Å². The molecule has 1 saturated carbocycles. The normalized spacial score (nSPS) is 18.1. The Hall–Kier alpha value is -2.24. The number of likely N-dealkylation sites (N-methyl/N-ethyl adjacent to an activating group) is 1. The number of fused-ring (bicyclic) bond motifs is 1. The van der Waals surface area contributed by atoms with Crippen molar-refractivity contribution in [2.24, 2.45) is 0 Å². The monoisotopic (exact) mass is 374 g/mol. The van der Waals surface area contributed by atoms with E-state index in [2.05, 4.69) is 5.32 Å². The van der Waals surface area contributed by atoms with Crippen LogP contribution in [0.4, 0.5) is 0 Å². The van der Waals surface area contributed by atoms with Gasteiger partial charge in [-0.2, -0.15) is 0 Å². The van der Waals surface area contributed by atoms with Gasteiger partial charge < -0.3 is 19.7 Å². The van der Waals surface area contributed by atoms with Crippen LogP contribution in [-0.4, -0.2) is 49.1 Å². The molecule has 2 aliphatic rings. The Balaban J connectivity index is 1.82. The third-order valence-corrected chi connectivity index (χ3v) is 5.20. The fourth-order valence-electron chi connectivity index (χ4n) is 4.06. The first-order chi connectivity index (χ1) is 12.7. The lowest BCUT2D eigenvalue weighted by Gasteiger charge is -2.34. The molecule has 1 aliphatic heterocycles. The maximum absolute atomic E-state index is 13.4. The van der Waals surface area contributed by atoms with E-state index in [0.717, 1.165) is 37.0 Å². The van der Waals surface area contributed by atoms with Crippen LogP contribution in [0.5, 0.6) is 11.5 Å².